The molecule has 0 saturated heterocycles. The number of benzene rings is 2. The van der Waals surface area contributed by atoms with Crippen LogP contribution in [0.2, 0.25) is 0 Å². The highest BCUT2D eigenvalue weighted by Crippen LogP contribution is 2.27. The minimum atomic E-state index is -2.15. The summed E-state index contributed by atoms with van der Waals surface area (Å²) in [5, 5.41) is 0. The van der Waals surface area contributed by atoms with Crippen LogP contribution in [-0.4, -0.2) is 33.7 Å². The molecular formula is C15H15NO3S. The second kappa shape index (κ2) is 5.98. The number of carbonyl (C=O) groups excluding carboxylic acids is 1. The maximum atomic E-state index is 11.9. The van der Waals surface area contributed by atoms with E-state index in [0.29, 0.717) is 11.1 Å². The molecular weight excluding hydrogens is 274 g/mol. The molecule has 20 heavy (non-hydrogen) atoms. The Hall–Kier alpha value is -1.98. The lowest BCUT2D eigenvalue weighted by Crippen LogP contribution is -2.21. The van der Waals surface area contributed by atoms with Crippen molar-refractivity contribution in [3.8, 4) is 11.1 Å². The molecule has 1 N–H and O–H groups in total. The van der Waals surface area contributed by atoms with E-state index in [9.17, 15) is 13.6 Å². The summed E-state index contributed by atoms with van der Waals surface area (Å²) < 4.78 is 21.0. The Morgan fingerprint density at radius 3 is 2.30 bits per heavy atom. The lowest BCUT2D eigenvalue weighted by atomic mass is 10.0. The first kappa shape index (κ1) is 14.4. The topological polar surface area (TPSA) is 57.6 Å². The van der Waals surface area contributed by atoms with Crippen LogP contribution in [0.15, 0.2) is 53.4 Å². The van der Waals surface area contributed by atoms with Crippen molar-refractivity contribution in [2.24, 2.45) is 0 Å². The summed E-state index contributed by atoms with van der Waals surface area (Å²) in [5.74, 6) is -0.198. The fraction of sp³-hybridized carbons (Fsp3) is 0.133. The molecule has 0 aliphatic rings. The molecule has 0 fully saturated rings. The predicted molar refractivity (Wildman–Crippen MR) is 78.9 cm³/mol. The summed E-state index contributed by atoms with van der Waals surface area (Å²) in [6.45, 7) is 0. The zero-order valence-electron chi connectivity index (χ0n) is 11.2. The first-order valence-electron chi connectivity index (χ1n) is 6.02. The third kappa shape index (κ3) is 2.95. The van der Waals surface area contributed by atoms with Crippen molar-refractivity contribution >= 4 is 17.0 Å². The molecule has 1 atom stereocenters. The molecule has 2 aromatic carbocycles. The number of nitrogens with zero attached hydrogens (tertiary/aromatic N) is 1. The third-order valence-electron chi connectivity index (χ3n) is 2.91. The lowest BCUT2D eigenvalue weighted by Gasteiger charge is -2.13. The SMILES string of the molecule is CN(C)C(=O)c1ccc(-c2ccccc2)c(S(=O)O)c1. The first-order valence-corrected chi connectivity index (χ1v) is 7.13. The van der Waals surface area contributed by atoms with Crippen LogP contribution in [-0.2, 0) is 11.1 Å². The van der Waals surface area contributed by atoms with Crippen molar-refractivity contribution < 1.29 is 13.6 Å². The van der Waals surface area contributed by atoms with Gasteiger partial charge in [-0.05, 0) is 17.7 Å². The molecule has 4 nitrogen and oxygen atoms in total. The van der Waals surface area contributed by atoms with Crippen molar-refractivity contribution in [1.82, 2.24) is 4.90 Å². The first-order chi connectivity index (χ1) is 9.50. The summed E-state index contributed by atoms with van der Waals surface area (Å²) in [6.07, 6.45) is 0. The zero-order valence-corrected chi connectivity index (χ0v) is 12.1. The van der Waals surface area contributed by atoms with Gasteiger partial charge in [-0.1, -0.05) is 36.4 Å². The van der Waals surface area contributed by atoms with E-state index in [0.717, 1.165) is 5.56 Å². The summed E-state index contributed by atoms with van der Waals surface area (Å²) >= 11 is -2.15. The van der Waals surface area contributed by atoms with Crippen LogP contribution in [0.1, 0.15) is 10.4 Å². The number of carbonyl (C=O) groups is 1. The van der Waals surface area contributed by atoms with E-state index in [1.807, 2.05) is 30.3 Å². The van der Waals surface area contributed by atoms with E-state index in [4.69, 9.17) is 0 Å². The molecule has 104 valence electrons. The molecule has 2 rings (SSSR count). The van der Waals surface area contributed by atoms with Crippen LogP contribution in [0, 0.1) is 0 Å². The van der Waals surface area contributed by atoms with Gasteiger partial charge in [0.25, 0.3) is 5.91 Å². The smallest absolute Gasteiger partial charge is 0.253 e. The predicted octanol–water partition coefficient (Wildman–Crippen LogP) is 2.64. The Labute approximate surface area is 120 Å². The largest absolute Gasteiger partial charge is 0.345 e. The van der Waals surface area contributed by atoms with Crippen molar-refractivity contribution in [3.05, 3.63) is 54.1 Å². The molecule has 0 radical (unpaired) electrons. The molecule has 0 aliphatic carbocycles. The van der Waals surface area contributed by atoms with E-state index in [1.165, 1.54) is 11.0 Å². The molecule has 5 heteroatoms. The highest BCUT2D eigenvalue weighted by Gasteiger charge is 2.15. The molecule has 1 unspecified atom stereocenters. The minimum absolute atomic E-state index is 0.198. The van der Waals surface area contributed by atoms with Crippen molar-refractivity contribution in [1.29, 1.82) is 0 Å². The average molecular weight is 289 g/mol. The zero-order chi connectivity index (χ0) is 14.7. The molecule has 0 saturated carbocycles. The molecule has 0 bridgehead atoms. The summed E-state index contributed by atoms with van der Waals surface area (Å²) in [5.41, 5.74) is 1.89. The van der Waals surface area contributed by atoms with Crippen LogP contribution in [0.3, 0.4) is 0 Å². The van der Waals surface area contributed by atoms with Crippen molar-refractivity contribution in [2.45, 2.75) is 4.90 Å². The fourth-order valence-electron chi connectivity index (χ4n) is 1.91. The molecule has 0 heterocycles. The highest BCUT2D eigenvalue weighted by atomic mass is 32.2. The van der Waals surface area contributed by atoms with Gasteiger partial charge in [-0.15, -0.1) is 0 Å². The van der Waals surface area contributed by atoms with Gasteiger partial charge in [0.1, 0.15) is 0 Å². The van der Waals surface area contributed by atoms with Crippen LogP contribution in [0.5, 0.6) is 0 Å². The summed E-state index contributed by atoms with van der Waals surface area (Å²) in [7, 11) is 3.28. The van der Waals surface area contributed by atoms with E-state index < -0.39 is 11.1 Å². The third-order valence-corrected chi connectivity index (χ3v) is 3.62. The fourth-order valence-corrected chi connectivity index (χ4v) is 2.52. The Balaban J connectivity index is 2.55. The van der Waals surface area contributed by atoms with Crippen LogP contribution in [0.4, 0.5) is 0 Å². The minimum Gasteiger partial charge on any atom is -0.345 e. The number of amides is 1. The molecule has 2 aromatic rings. The van der Waals surface area contributed by atoms with Gasteiger partial charge in [0, 0.05) is 25.2 Å². The second-order valence-electron chi connectivity index (χ2n) is 4.53. The maximum absolute atomic E-state index is 11.9. The highest BCUT2D eigenvalue weighted by molar-refractivity contribution is 7.79. The number of hydrogen-bond donors (Lipinski definition) is 1. The quantitative estimate of drug-likeness (QED) is 0.884. The molecule has 0 aromatic heterocycles. The monoisotopic (exact) mass is 289 g/mol. The number of hydrogen-bond acceptors (Lipinski definition) is 2. The van der Waals surface area contributed by atoms with Gasteiger partial charge < -0.3 is 9.45 Å². The Bertz CT molecular complexity index is 653. The molecule has 1 amide bonds. The Kier molecular flexibility index (Phi) is 4.32. The van der Waals surface area contributed by atoms with E-state index in [-0.39, 0.29) is 10.8 Å². The maximum Gasteiger partial charge on any atom is 0.253 e. The average Bonchev–Trinajstić information content (AvgIpc) is 2.46. The van der Waals surface area contributed by atoms with Crippen LogP contribution >= 0.6 is 0 Å². The standard InChI is InChI=1S/C15H15NO3S/c1-16(2)15(17)12-8-9-13(14(10-12)20(18)19)11-6-4-3-5-7-11/h3-10H,1-2H3,(H,18,19). The Morgan fingerprint density at radius 2 is 1.75 bits per heavy atom. The Morgan fingerprint density at radius 1 is 1.10 bits per heavy atom. The van der Waals surface area contributed by atoms with E-state index >= 15 is 0 Å². The normalized spacial score (nSPS) is 11.9. The number of rotatable bonds is 3. The van der Waals surface area contributed by atoms with Gasteiger partial charge in [0.05, 0.1) is 4.90 Å². The van der Waals surface area contributed by atoms with Crippen LogP contribution < -0.4 is 0 Å². The lowest BCUT2D eigenvalue weighted by molar-refractivity contribution is 0.0827. The van der Waals surface area contributed by atoms with E-state index in [2.05, 4.69) is 0 Å². The van der Waals surface area contributed by atoms with Gasteiger partial charge >= 0.3 is 0 Å². The van der Waals surface area contributed by atoms with Gasteiger partial charge in [-0.3, -0.25) is 4.79 Å². The van der Waals surface area contributed by atoms with Gasteiger partial charge in [-0.2, -0.15) is 0 Å². The van der Waals surface area contributed by atoms with Gasteiger partial charge in [0.2, 0.25) is 0 Å². The second-order valence-corrected chi connectivity index (χ2v) is 5.46. The van der Waals surface area contributed by atoms with Gasteiger partial charge in [-0.25, -0.2) is 4.21 Å². The van der Waals surface area contributed by atoms with Gasteiger partial charge in [0.15, 0.2) is 11.1 Å². The molecule has 0 aliphatic heterocycles. The summed E-state index contributed by atoms with van der Waals surface area (Å²) in [6, 6.07) is 14.2. The van der Waals surface area contributed by atoms with Crippen molar-refractivity contribution in [2.75, 3.05) is 14.1 Å². The van der Waals surface area contributed by atoms with E-state index in [1.54, 1.807) is 26.2 Å². The van der Waals surface area contributed by atoms with Crippen molar-refractivity contribution in [3.63, 3.8) is 0 Å². The van der Waals surface area contributed by atoms with Crippen LogP contribution in [0.25, 0.3) is 11.1 Å². The molecule has 0 spiro atoms. The summed E-state index contributed by atoms with van der Waals surface area (Å²) in [4.78, 5) is 13.6.